The molecule has 4 atom stereocenters. The fourth-order valence-electron chi connectivity index (χ4n) is 6.37. The Morgan fingerprint density at radius 1 is 1.06 bits per heavy atom. The van der Waals surface area contributed by atoms with Crippen LogP contribution in [0, 0.1) is 17.3 Å². The zero-order valence-electron chi connectivity index (χ0n) is 20.3. The van der Waals surface area contributed by atoms with E-state index in [0.29, 0.717) is 23.0 Å². The normalized spacial score (nSPS) is 26.5. The number of carbonyl (C=O) groups excluding carboxylic acids is 2. The molecule has 1 heterocycles. The van der Waals surface area contributed by atoms with Crippen molar-refractivity contribution in [3.05, 3.63) is 87.9 Å². The molecular formula is C31H29ClO4. The fraction of sp³-hybridized carbons (Fsp3) is 0.355. The molecule has 0 amide bonds. The van der Waals surface area contributed by atoms with Gasteiger partial charge in [-0.15, -0.1) is 0 Å². The summed E-state index contributed by atoms with van der Waals surface area (Å²) in [5.41, 5.74) is 6.87. The predicted molar refractivity (Wildman–Crippen MR) is 140 cm³/mol. The zero-order valence-corrected chi connectivity index (χ0v) is 21.1. The van der Waals surface area contributed by atoms with Gasteiger partial charge in [-0.25, -0.2) is 0 Å². The highest BCUT2D eigenvalue weighted by molar-refractivity contribution is 6.30. The number of hydrogen-bond acceptors (Lipinski definition) is 4. The van der Waals surface area contributed by atoms with Gasteiger partial charge in [0.25, 0.3) is 0 Å². The Morgan fingerprint density at radius 3 is 2.58 bits per heavy atom. The Bertz CT molecular complexity index is 1330. The molecule has 3 aliphatic carbocycles. The Labute approximate surface area is 216 Å². The number of carbonyl (C=O) groups is 2. The fourth-order valence-corrected chi connectivity index (χ4v) is 6.53. The van der Waals surface area contributed by atoms with E-state index in [9.17, 15) is 9.59 Å². The average molecular weight is 501 g/mol. The van der Waals surface area contributed by atoms with Crippen molar-refractivity contribution in [2.24, 2.45) is 17.3 Å². The van der Waals surface area contributed by atoms with Crippen molar-refractivity contribution in [3.63, 3.8) is 0 Å². The average Bonchev–Trinajstić information content (AvgIpc) is 3.46. The van der Waals surface area contributed by atoms with Crippen molar-refractivity contribution >= 4 is 23.7 Å². The van der Waals surface area contributed by atoms with Gasteiger partial charge in [-0.3, -0.25) is 4.79 Å². The molecule has 0 spiro atoms. The van der Waals surface area contributed by atoms with Crippen LogP contribution in [0.15, 0.2) is 60.7 Å². The molecule has 0 radical (unpaired) electrons. The first-order valence-corrected chi connectivity index (χ1v) is 13.0. The van der Waals surface area contributed by atoms with Crippen LogP contribution in [-0.4, -0.2) is 25.3 Å². The minimum absolute atomic E-state index is 0.0773. The number of rotatable bonds is 4. The van der Waals surface area contributed by atoms with Crippen LogP contribution in [-0.2, 0) is 29.0 Å². The molecule has 4 nitrogen and oxygen atoms in total. The van der Waals surface area contributed by atoms with Gasteiger partial charge in [-0.05, 0) is 96.0 Å². The summed E-state index contributed by atoms with van der Waals surface area (Å²) < 4.78 is 11.1. The first kappa shape index (κ1) is 23.4. The van der Waals surface area contributed by atoms with E-state index in [1.165, 1.54) is 18.3 Å². The van der Waals surface area contributed by atoms with Crippen LogP contribution in [0.1, 0.15) is 46.3 Å². The summed E-state index contributed by atoms with van der Waals surface area (Å²) in [7, 11) is 1.59. The first-order valence-electron chi connectivity index (χ1n) is 12.7. The second kappa shape index (κ2) is 9.17. The Kier molecular flexibility index (Phi) is 5.97. The lowest BCUT2D eigenvalue weighted by Crippen LogP contribution is -2.31. The molecule has 0 N–H and O–H groups in total. The molecule has 3 aromatic carbocycles. The summed E-state index contributed by atoms with van der Waals surface area (Å²) in [4.78, 5) is 23.3. The molecule has 0 bridgehead atoms. The third-order valence-electron chi connectivity index (χ3n) is 8.56. The number of aryl methyl sites for hydroxylation is 1. The lowest BCUT2D eigenvalue weighted by molar-refractivity contribution is -0.116. The van der Waals surface area contributed by atoms with Crippen LogP contribution >= 0.6 is 11.6 Å². The quantitative estimate of drug-likeness (QED) is 0.384. The maximum absolute atomic E-state index is 12.4. The number of aldehydes is 1. The number of hydrogen-bond donors (Lipinski definition) is 0. The Morgan fingerprint density at radius 2 is 1.86 bits per heavy atom. The molecule has 0 aromatic heterocycles. The lowest BCUT2D eigenvalue weighted by Gasteiger charge is -2.32. The maximum Gasteiger partial charge on any atom is 0.191 e. The topological polar surface area (TPSA) is 52.6 Å². The smallest absolute Gasteiger partial charge is 0.191 e. The summed E-state index contributed by atoms with van der Waals surface area (Å²) in [6, 6.07) is 20.3. The van der Waals surface area contributed by atoms with Gasteiger partial charge in [0.15, 0.2) is 5.78 Å². The van der Waals surface area contributed by atoms with Crippen LogP contribution in [0.2, 0.25) is 5.02 Å². The van der Waals surface area contributed by atoms with Gasteiger partial charge in [0.1, 0.15) is 24.7 Å². The van der Waals surface area contributed by atoms with E-state index in [4.69, 9.17) is 21.1 Å². The van der Waals surface area contributed by atoms with Crippen molar-refractivity contribution in [2.45, 2.75) is 44.8 Å². The molecule has 0 saturated heterocycles. The molecule has 5 heteroatoms. The highest BCUT2D eigenvalue weighted by Gasteiger charge is 2.67. The van der Waals surface area contributed by atoms with Crippen molar-refractivity contribution in [1.29, 1.82) is 0 Å². The minimum Gasteiger partial charge on any atom is -0.488 e. The minimum atomic E-state index is -0.318. The lowest BCUT2D eigenvalue weighted by atomic mass is 9.71. The van der Waals surface area contributed by atoms with E-state index in [2.05, 4.69) is 30.3 Å². The Hall–Kier alpha value is -2.95. The van der Waals surface area contributed by atoms with Crippen molar-refractivity contribution in [1.82, 2.24) is 0 Å². The summed E-state index contributed by atoms with van der Waals surface area (Å²) in [6.07, 6.45) is 6.00. The first-order chi connectivity index (χ1) is 17.5. The summed E-state index contributed by atoms with van der Waals surface area (Å²) in [5.74, 6) is 2.09. The molecule has 4 unspecified atom stereocenters. The number of ether oxygens (including phenoxy) is 2. The van der Waals surface area contributed by atoms with Gasteiger partial charge in [0, 0.05) is 29.2 Å². The number of methoxy groups -OCH3 is 1. The second-order valence-electron chi connectivity index (χ2n) is 10.5. The van der Waals surface area contributed by atoms with Crippen molar-refractivity contribution in [3.8, 4) is 16.9 Å². The van der Waals surface area contributed by atoms with Crippen LogP contribution in [0.5, 0.6) is 5.75 Å². The highest BCUT2D eigenvalue weighted by atomic mass is 35.5. The molecule has 7 rings (SSSR count). The van der Waals surface area contributed by atoms with Crippen LogP contribution < -0.4 is 4.74 Å². The van der Waals surface area contributed by atoms with Crippen molar-refractivity contribution < 1.29 is 19.1 Å². The van der Waals surface area contributed by atoms with Gasteiger partial charge in [0.2, 0.25) is 0 Å². The SMILES string of the molecule is COC1CCc2cc3c(cc2C1=O)COc1cc(Cl)ccc1-3.O=CC1CC2CC12Cc1ccccc1. The zero-order chi connectivity index (χ0) is 24.9. The monoisotopic (exact) mass is 500 g/mol. The van der Waals surface area contributed by atoms with Crippen LogP contribution in [0.3, 0.4) is 0 Å². The van der Waals surface area contributed by atoms with Gasteiger partial charge in [0.05, 0.1) is 0 Å². The highest BCUT2D eigenvalue weighted by Crippen LogP contribution is 2.71. The van der Waals surface area contributed by atoms with E-state index in [1.54, 1.807) is 7.11 Å². The molecule has 2 saturated carbocycles. The Balaban J connectivity index is 0.000000147. The molecule has 2 fully saturated rings. The molecule has 4 aliphatic rings. The number of Topliss-reactive ketones (excluding diaryl/α,β-unsaturated/α-hetero) is 1. The van der Waals surface area contributed by atoms with E-state index < -0.39 is 0 Å². The number of halogens is 1. The molecule has 184 valence electrons. The number of benzene rings is 3. The summed E-state index contributed by atoms with van der Waals surface area (Å²) in [5, 5.41) is 0.665. The maximum atomic E-state index is 12.4. The van der Waals surface area contributed by atoms with E-state index in [0.717, 1.165) is 65.2 Å². The van der Waals surface area contributed by atoms with Gasteiger partial charge in [-0.1, -0.05) is 41.9 Å². The van der Waals surface area contributed by atoms with E-state index in [-0.39, 0.29) is 11.9 Å². The standard InChI is InChI=1S/C18H15ClO3.C13H14O/c1-21-16-5-2-10-6-14-11(7-15(10)18(16)20)9-22-17-8-12(19)3-4-13(14)17;14-9-12-6-11-8-13(11,12)7-10-4-2-1-3-5-10/h3-4,6-8,16H,2,5,9H2,1H3;1-5,9,11-12H,6-8H2. The second-order valence-corrected chi connectivity index (χ2v) is 10.9. The van der Waals surface area contributed by atoms with Crippen LogP contribution in [0.4, 0.5) is 0 Å². The van der Waals surface area contributed by atoms with Crippen LogP contribution in [0.25, 0.3) is 11.1 Å². The number of ketones is 1. The molecule has 36 heavy (non-hydrogen) atoms. The van der Waals surface area contributed by atoms with Gasteiger partial charge < -0.3 is 14.3 Å². The summed E-state index contributed by atoms with van der Waals surface area (Å²) >= 11 is 6.03. The van der Waals surface area contributed by atoms with Gasteiger partial charge >= 0.3 is 0 Å². The molecule has 1 aliphatic heterocycles. The third-order valence-corrected chi connectivity index (χ3v) is 8.80. The number of fused-ring (bicyclic) bond motifs is 5. The van der Waals surface area contributed by atoms with E-state index in [1.807, 2.05) is 30.3 Å². The largest absolute Gasteiger partial charge is 0.488 e. The van der Waals surface area contributed by atoms with Gasteiger partial charge in [-0.2, -0.15) is 0 Å². The predicted octanol–water partition coefficient (Wildman–Crippen LogP) is 6.50. The summed E-state index contributed by atoms with van der Waals surface area (Å²) in [6.45, 7) is 0.459. The van der Waals surface area contributed by atoms with E-state index >= 15 is 0 Å². The van der Waals surface area contributed by atoms with Crippen molar-refractivity contribution in [2.75, 3.05) is 7.11 Å². The molecule has 3 aromatic rings. The third kappa shape index (κ3) is 3.97. The molecular weight excluding hydrogens is 472 g/mol.